The number of nitrogens with two attached hydrogens (primary N) is 1. The Morgan fingerprint density at radius 2 is 1.87 bits per heavy atom. The Balaban J connectivity index is 1.68. The summed E-state index contributed by atoms with van der Waals surface area (Å²) in [5, 5.41) is 5.75. The minimum absolute atomic E-state index is 0.382. The number of nitrogens with zero attached hydrogens (tertiary/aromatic N) is 3. The molecule has 0 radical (unpaired) electrons. The number of rotatable bonds is 3. The fraction of sp³-hybridized carbons (Fsp3) is 0.440. The fourth-order valence-corrected chi connectivity index (χ4v) is 5.20. The number of pyridine rings is 1. The first-order valence-electron chi connectivity index (χ1n) is 11.1. The van der Waals surface area contributed by atoms with Gasteiger partial charge in [-0.25, -0.2) is 9.50 Å². The van der Waals surface area contributed by atoms with Gasteiger partial charge in [-0.15, -0.1) is 0 Å². The van der Waals surface area contributed by atoms with Crippen molar-refractivity contribution in [2.24, 2.45) is 5.73 Å². The molecule has 0 saturated heterocycles. The third-order valence-corrected chi connectivity index (χ3v) is 7.08. The largest absolute Gasteiger partial charge is 0.354 e. The quantitative estimate of drug-likeness (QED) is 0.469. The maximum atomic E-state index is 6.14. The highest BCUT2D eigenvalue weighted by atomic mass is 15.3. The van der Waals surface area contributed by atoms with Crippen LogP contribution in [0, 0.1) is 13.8 Å². The van der Waals surface area contributed by atoms with Crippen LogP contribution in [0.4, 0.5) is 0 Å². The Morgan fingerprint density at radius 3 is 2.60 bits per heavy atom. The van der Waals surface area contributed by atoms with E-state index in [4.69, 9.17) is 5.73 Å². The summed E-state index contributed by atoms with van der Waals surface area (Å²) in [5.41, 5.74) is 16.0. The first-order chi connectivity index (χ1) is 14.4. The third-order valence-electron chi connectivity index (χ3n) is 7.08. The standard InChI is InChI=1S/C25H31N5/c1-14(2)23-20-11-18(17-5-8-19(26)9-6-17)7-10-22(20)29-24(23)21-12-30-25(27-13-28-30)16(4)15(21)3/h7,10-14,17,19,29H,5-6,8-9,26H2,1-4H3. The monoisotopic (exact) mass is 401 g/mol. The molecule has 0 amide bonds. The molecule has 1 saturated carbocycles. The van der Waals surface area contributed by atoms with Gasteiger partial charge < -0.3 is 10.7 Å². The Hall–Kier alpha value is -2.66. The fourth-order valence-electron chi connectivity index (χ4n) is 5.20. The summed E-state index contributed by atoms with van der Waals surface area (Å²) in [7, 11) is 0. The van der Waals surface area contributed by atoms with Crippen LogP contribution in [-0.2, 0) is 0 Å². The smallest absolute Gasteiger partial charge is 0.158 e. The molecule has 1 aromatic carbocycles. The van der Waals surface area contributed by atoms with Crippen molar-refractivity contribution in [3.8, 4) is 11.3 Å². The lowest BCUT2D eigenvalue weighted by atomic mass is 9.81. The van der Waals surface area contributed by atoms with Gasteiger partial charge in [0.2, 0.25) is 0 Å². The highest BCUT2D eigenvalue weighted by Gasteiger charge is 2.23. The van der Waals surface area contributed by atoms with Crippen LogP contribution in [0.15, 0.2) is 30.7 Å². The number of nitrogens with one attached hydrogen (secondary N) is 1. The molecule has 156 valence electrons. The van der Waals surface area contributed by atoms with Crippen molar-refractivity contribution < 1.29 is 0 Å². The molecular formula is C25H31N5. The second kappa shape index (κ2) is 7.24. The maximum absolute atomic E-state index is 6.14. The topological polar surface area (TPSA) is 72.0 Å². The normalized spacial score (nSPS) is 19.9. The molecule has 1 aliphatic carbocycles. The number of aryl methyl sites for hydroxylation is 1. The first-order valence-corrected chi connectivity index (χ1v) is 11.1. The molecule has 3 heterocycles. The van der Waals surface area contributed by atoms with E-state index < -0.39 is 0 Å². The zero-order valence-electron chi connectivity index (χ0n) is 18.4. The lowest BCUT2D eigenvalue weighted by Crippen LogP contribution is -2.25. The van der Waals surface area contributed by atoms with Crippen molar-refractivity contribution in [3.05, 3.63) is 53.0 Å². The lowest BCUT2D eigenvalue weighted by Gasteiger charge is -2.26. The average Bonchev–Trinajstić information content (AvgIpc) is 3.35. The molecule has 5 nitrogen and oxygen atoms in total. The van der Waals surface area contributed by atoms with Gasteiger partial charge in [0.15, 0.2) is 5.65 Å². The number of fused-ring (bicyclic) bond motifs is 2. The highest BCUT2D eigenvalue weighted by molar-refractivity contribution is 5.92. The molecule has 5 heteroatoms. The summed E-state index contributed by atoms with van der Waals surface area (Å²) in [6.45, 7) is 8.89. The number of H-pyrrole nitrogens is 1. The molecule has 3 aromatic heterocycles. The number of benzene rings is 1. The Bertz CT molecular complexity index is 1220. The third kappa shape index (κ3) is 3.03. The van der Waals surface area contributed by atoms with E-state index in [0.717, 1.165) is 18.5 Å². The van der Waals surface area contributed by atoms with E-state index in [1.54, 1.807) is 6.33 Å². The van der Waals surface area contributed by atoms with Crippen molar-refractivity contribution in [2.75, 3.05) is 0 Å². The van der Waals surface area contributed by atoms with Gasteiger partial charge in [0.25, 0.3) is 0 Å². The van der Waals surface area contributed by atoms with Gasteiger partial charge in [-0.2, -0.15) is 5.10 Å². The Morgan fingerprint density at radius 1 is 1.10 bits per heavy atom. The highest BCUT2D eigenvalue weighted by Crippen LogP contribution is 2.40. The van der Waals surface area contributed by atoms with E-state index >= 15 is 0 Å². The van der Waals surface area contributed by atoms with E-state index in [1.807, 2.05) is 4.52 Å². The molecule has 0 atom stereocenters. The number of hydrogen-bond acceptors (Lipinski definition) is 3. The minimum atomic E-state index is 0.382. The molecule has 1 fully saturated rings. The van der Waals surface area contributed by atoms with Crippen molar-refractivity contribution >= 4 is 16.6 Å². The van der Waals surface area contributed by atoms with Crippen LogP contribution in [-0.4, -0.2) is 25.6 Å². The van der Waals surface area contributed by atoms with Crippen LogP contribution >= 0.6 is 0 Å². The van der Waals surface area contributed by atoms with Crippen LogP contribution in [0.2, 0.25) is 0 Å². The molecule has 1 aliphatic rings. The minimum Gasteiger partial charge on any atom is -0.354 e. The average molecular weight is 402 g/mol. The van der Waals surface area contributed by atoms with Crippen LogP contribution in [0.3, 0.4) is 0 Å². The summed E-state index contributed by atoms with van der Waals surface area (Å²) >= 11 is 0. The van der Waals surface area contributed by atoms with Crippen LogP contribution < -0.4 is 5.73 Å². The van der Waals surface area contributed by atoms with Crippen molar-refractivity contribution in [1.29, 1.82) is 0 Å². The van der Waals surface area contributed by atoms with Crippen molar-refractivity contribution in [2.45, 2.75) is 71.3 Å². The number of aromatic amines is 1. The van der Waals surface area contributed by atoms with Gasteiger partial charge >= 0.3 is 0 Å². The van der Waals surface area contributed by atoms with Gasteiger partial charge in [0.1, 0.15) is 6.33 Å². The van der Waals surface area contributed by atoms with Crippen LogP contribution in [0.1, 0.15) is 73.6 Å². The van der Waals surface area contributed by atoms with Crippen LogP contribution in [0.25, 0.3) is 27.8 Å². The SMILES string of the molecule is Cc1c(-c2[nH]c3ccc(C4CCC(N)CC4)cc3c2C(C)C)cn2ncnc2c1C. The van der Waals surface area contributed by atoms with E-state index in [9.17, 15) is 0 Å². The zero-order valence-corrected chi connectivity index (χ0v) is 18.4. The molecule has 0 bridgehead atoms. The van der Waals surface area contributed by atoms with Gasteiger partial charge in [-0.3, -0.25) is 0 Å². The first kappa shape index (κ1) is 19.3. The van der Waals surface area contributed by atoms with Gasteiger partial charge in [-0.1, -0.05) is 19.9 Å². The lowest BCUT2D eigenvalue weighted by molar-refractivity contribution is 0.396. The summed E-state index contributed by atoms with van der Waals surface area (Å²) in [5.74, 6) is 1.04. The number of aromatic nitrogens is 4. The van der Waals surface area contributed by atoms with Crippen molar-refractivity contribution in [1.82, 2.24) is 19.6 Å². The number of hydrogen-bond donors (Lipinski definition) is 2. The molecule has 0 spiro atoms. The van der Waals surface area contributed by atoms with E-state index in [-0.39, 0.29) is 0 Å². The van der Waals surface area contributed by atoms with E-state index in [1.165, 1.54) is 57.3 Å². The maximum Gasteiger partial charge on any atom is 0.158 e. The summed E-state index contributed by atoms with van der Waals surface area (Å²) in [4.78, 5) is 8.16. The van der Waals surface area contributed by atoms with Crippen molar-refractivity contribution in [3.63, 3.8) is 0 Å². The van der Waals surface area contributed by atoms with Gasteiger partial charge in [0, 0.05) is 28.7 Å². The molecule has 0 aliphatic heterocycles. The molecule has 5 rings (SSSR count). The predicted molar refractivity (Wildman–Crippen MR) is 123 cm³/mol. The Labute approximate surface area is 177 Å². The van der Waals surface area contributed by atoms with Gasteiger partial charge in [0.05, 0.1) is 5.69 Å². The summed E-state index contributed by atoms with van der Waals surface area (Å²) < 4.78 is 1.89. The predicted octanol–water partition coefficient (Wildman–Crippen LogP) is 5.60. The zero-order chi connectivity index (χ0) is 21.0. The Kier molecular flexibility index (Phi) is 4.66. The molecule has 0 unspecified atom stereocenters. The second-order valence-electron chi connectivity index (χ2n) is 9.31. The van der Waals surface area contributed by atoms with E-state index in [2.05, 4.69) is 67.2 Å². The molecular weight excluding hydrogens is 370 g/mol. The molecule has 30 heavy (non-hydrogen) atoms. The molecule has 4 aromatic rings. The summed E-state index contributed by atoms with van der Waals surface area (Å²) in [6, 6.07) is 7.40. The van der Waals surface area contributed by atoms with Gasteiger partial charge in [-0.05, 0) is 85.8 Å². The second-order valence-corrected chi connectivity index (χ2v) is 9.31. The summed E-state index contributed by atoms with van der Waals surface area (Å²) in [6.07, 6.45) is 8.40. The molecule has 3 N–H and O–H groups in total. The van der Waals surface area contributed by atoms with E-state index in [0.29, 0.717) is 17.9 Å². The van der Waals surface area contributed by atoms with Crippen LogP contribution in [0.5, 0.6) is 0 Å².